The molecule has 1 fully saturated rings. The van der Waals surface area contributed by atoms with Crippen LogP contribution in [0.2, 0.25) is 0 Å². The minimum absolute atomic E-state index is 0.520. The first-order valence-corrected chi connectivity index (χ1v) is 11.1. The first-order valence-electron chi connectivity index (χ1n) is 11.1. The first-order chi connectivity index (χ1) is 14.6. The van der Waals surface area contributed by atoms with Crippen LogP contribution in [0, 0.1) is 5.41 Å². The van der Waals surface area contributed by atoms with Crippen molar-refractivity contribution in [2.75, 3.05) is 0 Å². The number of rotatable bonds is 3. The van der Waals surface area contributed by atoms with Gasteiger partial charge in [0.1, 0.15) is 0 Å². The number of hydrogen-bond acceptors (Lipinski definition) is 1. The molecule has 1 heterocycles. The van der Waals surface area contributed by atoms with Crippen molar-refractivity contribution >= 4 is 10.8 Å². The molecule has 4 aromatic rings. The number of aromatic nitrogens is 1. The van der Waals surface area contributed by atoms with Crippen molar-refractivity contribution in [2.24, 2.45) is 5.41 Å². The van der Waals surface area contributed by atoms with Crippen LogP contribution in [0.15, 0.2) is 85.1 Å². The Morgan fingerprint density at radius 3 is 2.17 bits per heavy atom. The second-order valence-corrected chi connectivity index (χ2v) is 9.52. The lowest BCUT2D eigenvalue weighted by atomic mass is 9.71. The van der Waals surface area contributed by atoms with Crippen molar-refractivity contribution < 1.29 is 0 Å². The van der Waals surface area contributed by atoms with Crippen molar-refractivity contribution in [1.82, 2.24) is 4.98 Å². The molecular formula is C29H29N. The molecule has 0 aliphatic heterocycles. The molecule has 5 rings (SSSR count). The third kappa shape index (κ3) is 3.77. The van der Waals surface area contributed by atoms with E-state index in [4.69, 9.17) is 4.98 Å². The van der Waals surface area contributed by atoms with Crippen LogP contribution in [0.4, 0.5) is 0 Å². The number of benzene rings is 3. The van der Waals surface area contributed by atoms with Gasteiger partial charge in [0.05, 0.1) is 5.69 Å². The van der Waals surface area contributed by atoms with Crippen molar-refractivity contribution in [1.29, 1.82) is 0 Å². The van der Waals surface area contributed by atoms with Gasteiger partial charge in [-0.15, -0.1) is 0 Å². The molecule has 1 aliphatic rings. The zero-order valence-corrected chi connectivity index (χ0v) is 17.9. The molecule has 0 spiro atoms. The van der Waals surface area contributed by atoms with E-state index in [0.717, 1.165) is 17.2 Å². The topological polar surface area (TPSA) is 12.9 Å². The molecule has 1 heteroatoms. The molecule has 1 aromatic heterocycles. The van der Waals surface area contributed by atoms with Gasteiger partial charge in [0.2, 0.25) is 0 Å². The summed E-state index contributed by atoms with van der Waals surface area (Å²) < 4.78 is 0. The van der Waals surface area contributed by atoms with E-state index < -0.39 is 0 Å². The summed E-state index contributed by atoms with van der Waals surface area (Å²) in [6.45, 7) is 4.81. The van der Waals surface area contributed by atoms with E-state index >= 15 is 0 Å². The van der Waals surface area contributed by atoms with Crippen LogP contribution in [0.1, 0.15) is 51.0 Å². The second-order valence-electron chi connectivity index (χ2n) is 9.52. The van der Waals surface area contributed by atoms with Gasteiger partial charge in [-0.05, 0) is 71.2 Å². The Hall–Kier alpha value is -2.93. The molecule has 0 saturated heterocycles. The average molecular weight is 392 g/mol. The van der Waals surface area contributed by atoms with Gasteiger partial charge in [-0.3, -0.25) is 4.98 Å². The smallest absolute Gasteiger partial charge is 0.0780 e. The maximum absolute atomic E-state index is 4.70. The van der Waals surface area contributed by atoms with Gasteiger partial charge in [0, 0.05) is 17.1 Å². The lowest BCUT2D eigenvalue weighted by Gasteiger charge is -2.34. The molecule has 0 N–H and O–H groups in total. The van der Waals surface area contributed by atoms with Gasteiger partial charge in [0.15, 0.2) is 0 Å². The SMILES string of the molecule is CC1(C)CCC(c2ccc(-c3ccc4ccnc(-c5ccccc5)c4c3)cc2)CC1. The highest BCUT2D eigenvalue weighted by molar-refractivity contribution is 5.97. The van der Waals surface area contributed by atoms with Gasteiger partial charge >= 0.3 is 0 Å². The van der Waals surface area contributed by atoms with Crippen LogP contribution >= 0.6 is 0 Å². The molecule has 30 heavy (non-hydrogen) atoms. The first kappa shape index (κ1) is 19.1. The highest BCUT2D eigenvalue weighted by Gasteiger charge is 2.27. The Bertz CT molecular complexity index is 1150. The van der Waals surface area contributed by atoms with Crippen LogP contribution in [0.3, 0.4) is 0 Å². The fraction of sp³-hybridized carbons (Fsp3) is 0.276. The van der Waals surface area contributed by atoms with E-state index in [-0.39, 0.29) is 0 Å². The molecule has 1 saturated carbocycles. The number of fused-ring (bicyclic) bond motifs is 1. The van der Waals surface area contributed by atoms with Crippen molar-refractivity contribution in [2.45, 2.75) is 45.4 Å². The number of hydrogen-bond donors (Lipinski definition) is 0. The third-order valence-corrected chi connectivity index (χ3v) is 6.87. The van der Waals surface area contributed by atoms with Crippen LogP contribution in [0.5, 0.6) is 0 Å². The van der Waals surface area contributed by atoms with Crippen molar-refractivity contribution in [3.05, 3.63) is 90.6 Å². The third-order valence-electron chi connectivity index (χ3n) is 6.87. The Balaban J connectivity index is 1.46. The summed E-state index contributed by atoms with van der Waals surface area (Å²) in [5.74, 6) is 0.720. The fourth-order valence-corrected chi connectivity index (χ4v) is 4.85. The molecule has 0 bridgehead atoms. The van der Waals surface area contributed by atoms with E-state index in [1.807, 2.05) is 6.20 Å². The van der Waals surface area contributed by atoms with Crippen LogP contribution < -0.4 is 0 Å². The zero-order chi connectivity index (χ0) is 20.6. The van der Waals surface area contributed by atoms with Gasteiger partial charge in [-0.2, -0.15) is 0 Å². The Morgan fingerprint density at radius 2 is 1.43 bits per heavy atom. The summed E-state index contributed by atoms with van der Waals surface area (Å²) in [5, 5.41) is 2.44. The van der Waals surface area contributed by atoms with Gasteiger partial charge < -0.3 is 0 Å². The fourth-order valence-electron chi connectivity index (χ4n) is 4.85. The van der Waals surface area contributed by atoms with Crippen LogP contribution in [-0.4, -0.2) is 4.98 Å². The largest absolute Gasteiger partial charge is 0.256 e. The summed E-state index contributed by atoms with van der Waals surface area (Å²) in [6.07, 6.45) is 7.20. The predicted octanol–water partition coefficient (Wildman–Crippen LogP) is 8.25. The molecule has 1 aliphatic carbocycles. The summed E-state index contributed by atoms with van der Waals surface area (Å²) >= 11 is 0. The molecular weight excluding hydrogens is 362 g/mol. The average Bonchev–Trinajstić information content (AvgIpc) is 2.79. The molecule has 1 nitrogen and oxygen atoms in total. The molecule has 3 aromatic carbocycles. The van der Waals surface area contributed by atoms with Crippen molar-refractivity contribution in [3.63, 3.8) is 0 Å². The van der Waals surface area contributed by atoms with E-state index in [9.17, 15) is 0 Å². The summed E-state index contributed by atoms with van der Waals surface area (Å²) in [5.41, 5.74) is 6.77. The Labute approximate surface area is 179 Å². The molecule has 0 unspecified atom stereocenters. The van der Waals surface area contributed by atoms with Crippen molar-refractivity contribution in [3.8, 4) is 22.4 Å². The molecule has 150 valence electrons. The second kappa shape index (κ2) is 7.72. The van der Waals surface area contributed by atoms with Gasteiger partial charge in [-0.1, -0.05) is 80.6 Å². The van der Waals surface area contributed by atoms with E-state index in [0.29, 0.717) is 5.41 Å². The summed E-state index contributed by atoms with van der Waals surface area (Å²) in [7, 11) is 0. The quantitative estimate of drug-likeness (QED) is 0.342. The molecule has 0 radical (unpaired) electrons. The highest BCUT2D eigenvalue weighted by Crippen LogP contribution is 2.42. The van der Waals surface area contributed by atoms with E-state index in [1.54, 1.807) is 0 Å². The van der Waals surface area contributed by atoms with E-state index in [2.05, 4.69) is 92.7 Å². The highest BCUT2D eigenvalue weighted by atomic mass is 14.7. The van der Waals surface area contributed by atoms with Gasteiger partial charge in [0.25, 0.3) is 0 Å². The minimum Gasteiger partial charge on any atom is -0.256 e. The number of nitrogens with zero attached hydrogens (tertiary/aromatic N) is 1. The van der Waals surface area contributed by atoms with Gasteiger partial charge in [-0.25, -0.2) is 0 Å². The normalized spacial score (nSPS) is 16.6. The monoisotopic (exact) mass is 391 g/mol. The molecule has 0 atom stereocenters. The minimum atomic E-state index is 0.520. The Kier molecular flexibility index (Phi) is 4.90. The predicted molar refractivity (Wildman–Crippen MR) is 128 cm³/mol. The van der Waals surface area contributed by atoms with Crippen LogP contribution in [-0.2, 0) is 0 Å². The molecule has 0 amide bonds. The number of pyridine rings is 1. The lowest BCUT2D eigenvalue weighted by molar-refractivity contribution is 0.224. The lowest BCUT2D eigenvalue weighted by Crippen LogP contribution is -2.20. The van der Waals surface area contributed by atoms with E-state index in [1.165, 1.54) is 53.1 Å². The summed E-state index contributed by atoms with van der Waals surface area (Å²) in [6, 6.07) is 28.6. The van der Waals surface area contributed by atoms with Crippen LogP contribution in [0.25, 0.3) is 33.2 Å². The Morgan fingerprint density at radius 1 is 0.733 bits per heavy atom. The summed E-state index contributed by atoms with van der Waals surface area (Å²) in [4.78, 5) is 4.70. The maximum atomic E-state index is 4.70. The maximum Gasteiger partial charge on any atom is 0.0780 e. The zero-order valence-electron chi connectivity index (χ0n) is 17.9. The standard InChI is InChI=1S/C29H29N/c1-29(2)17-14-23(15-18-29)21-8-10-22(11-9-21)26-13-12-24-16-19-30-28(27(24)20-26)25-6-4-3-5-7-25/h3-13,16,19-20,23H,14-15,17-18H2,1-2H3.